The Hall–Kier alpha value is -1.64. The van der Waals surface area contributed by atoms with Crippen molar-refractivity contribution in [3.63, 3.8) is 0 Å². The van der Waals surface area contributed by atoms with Crippen molar-refractivity contribution in [2.75, 3.05) is 0 Å². The molecular weight excluding hydrogens is 260 g/mol. The van der Waals surface area contributed by atoms with E-state index < -0.39 is 0 Å². The third-order valence-electron chi connectivity index (χ3n) is 5.60. The van der Waals surface area contributed by atoms with Crippen LogP contribution in [0.15, 0.2) is 35.4 Å². The van der Waals surface area contributed by atoms with Crippen LogP contribution >= 0.6 is 0 Å². The summed E-state index contributed by atoms with van der Waals surface area (Å²) < 4.78 is 0. The van der Waals surface area contributed by atoms with E-state index in [0.29, 0.717) is 11.8 Å². The molecule has 1 aromatic rings. The molecule has 1 aliphatic heterocycles. The van der Waals surface area contributed by atoms with E-state index in [4.69, 9.17) is 0 Å². The summed E-state index contributed by atoms with van der Waals surface area (Å²) in [7, 11) is 0. The maximum Gasteiger partial charge on any atom is 0.246 e. The average Bonchev–Trinajstić information content (AvgIpc) is 3.11. The summed E-state index contributed by atoms with van der Waals surface area (Å²) in [6.45, 7) is 0. The predicted octanol–water partition coefficient (Wildman–Crippen LogP) is 3.77. The number of nitrogens with zero attached hydrogens (tertiary/aromatic N) is 2. The maximum absolute atomic E-state index is 13.1. The molecule has 1 amide bonds. The molecule has 0 radical (unpaired) electrons. The van der Waals surface area contributed by atoms with Crippen LogP contribution in [0.1, 0.15) is 50.1 Å². The molecule has 0 spiro atoms. The van der Waals surface area contributed by atoms with Gasteiger partial charge in [0.2, 0.25) is 5.91 Å². The van der Waals surface area contributed by atoms with E-state index in [9.17, 15) is 4.79 Å². The first-order valence-corrected chi connectivity index (χ1v) is 8.25. The molecule has 2 saturated carbocycles. The fourth-order valence-electron chi connectivity index (χ4n) is 4.60. The summed E-state index contributed by atoms with van der Waals surface area (Å²) in [6, 6.07) is 10.4. The number of hydrazone groups is 1. The Balaban J connectivity index is 1.57. The Kier molecular flexibility index (Phi) is 3.28. The Morgan fingerprint density at radius 2 is 1.76 bits per heavy atom. The first-order chi connectivity index (χ1) is 10.3. The van der Waals surface area contributed by atoms with Gasteiger partial charge in [-0.1, -0.05) is 36.8 Å². The van der Waals surface area contributed by atoms with Gasteiger partial charge in [-0.05, 0) is 43.1 Å². The van der Waals surface area contributed by atoms with E-state index in [-0.39, 0.29) is 17.9 Å². The fourth-order valence-corrected chi connectivity index (χ4v) is 4.60. The van der Waals surface area contributed by atoms with Gasteiger partial charge in [-0.25, -0.2) is 5.01 Å². The zero-order chi connectivity index (χ0) is 14.2. The van der Waals surface area contributed by atoms with Gasteiger partial charge in [-0.3, -0.25) is 4.79 Å². The van der Waals surface area contributed by atoms with Crippen LogP contribution in [0.4, 0.5) is 0 Å². The van der Waals surface area contributed by atoms with Crippen LogP contribution in [0.5, 0.6) is 0 Å². The van der Waals surface area contributed by atoms with Crippen molar-refractivity contribution >= 4 is 12.1 Å². The molecule has 3 unspecified atom stereocenters. The Morgan fingerprint density at radius 1 is 1.05 bits per heavy atom. The average molecular weight is 282 g/mol. The standard InChI is InChI=1S/C18H22N2O/c21-18(17-14-7-4-8-15(17)10-9-14)20-16(11-12-19-20)13-5-2-1-3-6-13/h1-3,5-6,12,14-17H,4,7-11H2. The first-order valence-electron chi connectivity index (χ1n) is 8.25. The molecule has 110 valence electrons. The molecule has 3 nitrogen and oxygen atoms in total. The van der Waals surface area contributed by atoms with Gasteiger partial charge in [0.05, 0.1) is 6.04 Å². The van der Waals surface area contributed by atoms with Crippen LogP contribution in [0.2, 0.25) is 0 Å². The smallest absolute Gasteiger partial charge is 0.246 e. The van der Waals surface area contributed by atoms with Gasteiger partial charge in [0, 0.05) is 18.6 Å². The van der Waals surface area contributed by atoms with Crippen LogP contribution < -0.4 is 0 Å². The fraction of sp³-hybridized carbons (Fsp3) is 0.556. The maximum atomic E-state index is 13.1. The highest BCUT2D eigenvalue weighted by Gasteiger charge is 2.46. The quantitative estimate of drug-likeness (QED) is 0.812. The van der Waals surface area contributed by atoms with Crippen LogP contribution in [-0.4, -0.2) is 17.1 Å². The summed E-state index contributed by atoms with van der Waals surface area (Å²) in [6.07, 6.45) is 9.02. The van der Waals surface area contributed by atoms with Gasteiger partial charge in [-0.2, -0.15) is 5.10 Å². The number of rotatable bonds is 2. The van der Waals surface area contributed by atoms with Crippen molar-refractivity contribution < 1.29 is 4.79 Å². The van der Waals surface area contributed by atoms with Crippen molar-refractivity contribution in [2.45, 2.75) is 44.6 Å². The number of fused-ring (bicyclic) bond motifs is 2. The molecule has 3 heteroatoms. The van der Waals surface area contributed by atoms with Crippen molar-refractivity contribution in [3.8, 4) is 0 Å². The number of amides is 1. The van der Waals surface area contributed by atoms with E-state index in [2.05, 4.69) is 17.2 Å². The van der Waals surface area contributed by atoms with Gasteiger partial charge < -0.3 is 0 Å². The Morgan fingerprint density at radius 3 is 2.48 bits per heavy atom. The minimum Gasteiger partial charge on any atom is -0.273 e. The van der Waals surface area contributed by atoms with Gasteiger partial charge in [0.15, 0.2) is 0 Å². The summed E-state index contributed by atoms with van der Waals surface area (Å²) in [5.41, 5.74) is 1.20. The Bertz CT molecular complexity index is 538. The number of benzene rings is 1. The monoisotopic (exact) mass is 282 g/mol. The van der Waals surface area contributed by atoms with Gasteiger partial charge >= 0.3 is 0 Å². The molecule has 0 aromatic heterocycles. The molecule has 4 rings (SSSR count). The highest BCUT2D eigenvalue weighted by molar-refractivity contribution is 5.82. The largest absolute Gasteiger partial charge is 0.273 e. The first kappa shape index (κ1) is 13.1. The molecule has 2 fully saturated rings. The molecule has 0 saturated heterocycles. The van der Waals surface area contributed by atoms with E-state index >= 15 is 0 Å². The van der Waals surface area contributed by atoms with Crippen molar-refractivity contribution in [3.05, 3.63) is 35.9 Å². The number of carbonyl (C=O) groups is 1. The normalized spacial score (nSPS) is 34.4. The van der Waals surface area contributed by atoms with Gasteiger partial charge in [0.25, 0.3) is 0 Å². The minimum absolute atomic E-state index is 0.111. The second kappa shape index (κ2) is 5.28. The second-order valence-electron chi connectivity index (χ2n) is 6.70. The molecule has 2 bridgehead atoms. The molecule has 2 aliphatic carbocycles. The van der Waals surface area contributed by atoms with Gasteiger partial charge in [0.1, 0.15) is 0 Å². The number of hydrogen-bond acceptors (Lipinski definition) is 2. The highest BCUT2D eigenvalue weighted by Crippen LogP contribution is 2.48. The SMILES string of the molecule is O=C(C1C2CCCC1CC2)N1N=CCC1c1ccccc1. The van der Waals surface area contributed by atoms with E-state index in [1.54, 1.807) is 5.01 Å². The van der Waals surface area contributed by atoms with Crippen molar-refractivity contribution in [1.82, 2.24) is 5.01 Å². The van der Waals surface area contributed by atoms with Crippen LogP contribution in [0.3, 0.4) is 0 Å². The summed E-state index contributed by atoms with van der Waals surface area (Å²) in [4.78, 5) is 13.1. The summed E-state index contributed by atoms with van der Waals surface area (Å²) >= 11 is 0. The zero-order valence-corrected chi connectivity index (χ0v) is 12.3. The van der Waals surface area contributed by atoms with Crippen LogP contribution in [0.25, 0.3) is 0 Å². The molecule has 1 heterocycles. The second-order valence-corrected chi connectivity index (χ2v) is 6.70. The zero-order valence-electron chi connectivity index (χ0n) is 12.3. The molecule has 21 heavy (non-hydrogen) atoms. The lowest BCUT2D eigenvalue weighted by Crippen LogP contribution is -2.38. The lowest BCUT2D eigenvalue weighted by atomic mass is 9.78. The Labute approximate surface area is 126 Å². The van der Waals surface area contributed by atoms with E-state index in [0.717, 1.165) is 6.42 Å². The minimum atomic E-state index is 0.111. The molecule has 3 atom stereocenters. The van der Waals surface area contributed by atoms with Crippen LogP contribution in [-0.2, 0) is 4.79 Å². The predicted molar refractivity (Wildman–Crippen MR) is 82.7 cm³/mol. The molecule has 1 aromatic carbocycles. The third kappa shape index (κ3) is 2.19. The molecular formula is C18H22N2O. The van der Waals surface area contributed by atoms with Gasteiger partial charge in [-0.15, -0.1) is 0 Å². The lowest BCUT2D eigenvalue weighted by molar-refractivity contribution is -0.141. The topological polar surface area (TPSA) is 32.7 Å². The van der Waals surface area contributed by atoms with Crippen molar-refractivity contribution in [2.24, 2.45) is 22.9 Å². The molecule has 0 N–H and O–H groups in total. The van der Waals surface area contributed by atoms with Crippen LogP contribution in [0, 0.1) is 17.8 Å². The third-order valence-corrected chi connectivity index (χ3v) is 5.60. The molecule has 3 aliphatic rings. The van der Waals surface area contributed by atoms with Crippen molar-refractivity contribution in [1.29, 1.82) is 0 Å². The van der Waals surface area contributed by atoms with E-state index in [1.165, 1.54) is 37.7 Å². The lowest BCUT2D eigenvalue weighted by Gasteiger charge is -2.33. The van der Waals surface area contributed by atoms with E-state index in [1.807, 2.05) is 24.4 Å². The highest BCUT2D eigenvalue weighted by atomic mass is 16.2. The number of hydrogen-bond donors (Lipinski definition) is 0. The summed E-state index contributed by atoms with van der Waals surface area (Å²) in [5.74, 6) is 1.75. The summed E-state index contributed by atoms with van der Waals surface area (Å²) in [5, 5.41) is 6.21. The number of carbonyl (C=O) groups excluding carboxylic acids is 1.